The van der Waals surface area contributed by atoms with Crippen LogP contribution in [0.5, 0.6) is 0 Å². The molecule has 0 amide bonds. The minimum Gasteiger partial charge on any atom is -0.459 e. The molecule has 1 heterocycles. The topological polar surface area (TPSA) is 65.1 Å². The second kappa shape index (κ2) is 8.72. The van der Waals surface area contributed by atoms with Crippen LogP contribution in [0.2, 0.25) is 0 Å². The van der Waals surface area contributed by atoms with Crippen molar-refractivity contribution in [2.24, 2.45) is 0 Å². The van der Waals surface area contributed by atoms with Gasteiger partial charge in [-0.25, -0.2) is 9.59 Å². The third-order valence-corrected chi connectivity index (χ3v) is 1.79. The highest BCUT2D eigenvalue weighted by Crippen LogP contribution is 2.09. The van der Waals surface area contributed by atoms with Crippen LogP contribution >= 0.6 is 11.6 Å². The van der Waals surface area contributed by atoms with Crippen molar-refractivity contribution in [2.75, 3.05) is 19.3 Å². The molecule has 1 rings (SSSR count). The van der Waals surface area contributed by atoms with E-state index < -0.39 is 5.97 Å². The van der Waals surface area contributed by atoms with E-state index >= 15 is 0 Å². The minimum absolute atomic E-state index is 0.105. The summed E-state index contributed by atoms with van der Waals surface area (Å²) in [5, 5.41) is 0. The molecule has 1 saturated heterocycles. The average Bonchev–Trinajstić information content (AvgIpc) is 3.10. The van der Waals surface area contributed by atoms with Crippen LogP contribution in [-0.4, -0.2) is 37.3 Å². The van der Waals surface area contributed by atoms with Gasteiger partial charge in [-0.3, -0.25) is 0 Å². The quantitative estimate of drug-likeness (QED) is 0.332. The summed E-state index contributed by atoms with van der Waals surface area (Å²) in [4.78, 5) is 21.0. The first kappa shape index (κ1) is 16.7. The number of esters is 2. The first-order chi connectivity index (χ1) is 8.38. The Hall–Kier alpha value is -1.33. The van der Waals surface area contributed by atoms with Gasteiger partial charge in [0.05, 0.1) is 6.61 Å². The predicted octanol–water partition coefficient (Wildman–Crippen LogP) is 1.81. The van der Waals surface area contributed by atoms with Gasteiger partial charge in [0.25, 0.3) is 0 Å². The summed E-state index contributed by atoms with van der Waals surface area (Å²) >= 11 is 5.06. The SMILES string of the molecule is C=C(C)C(=O)OCC1CO1.C=C(C)C(=O)OCCl. The average molecular weight is 277 g/mol. The maximum Gasteiger partial charge on any atom is 0.334 e. The highest BCUT2D eigenvalue weighted by Gasteiger charge is 2.24. The van der Waals surface area contributed by atoms with E-state index in [-0.39, 0.29) is 18.1 Å². The van der Waals surface area contributed by atoms with E-state index in [2.05, 4.69) is 17.9 Å². The summed E-state index contributed by atoms with van der Waals surface area (Å²) in [5.74, 6) is -0.782. The fraction of sp³-hybridized carbons (Fsp3) is 0.500. The molecule has 0 saturated carbocycles. The van der Waals surface area contributed by atoms with Crippen molar-refractivity contribution in [3.05, 3.63) is 24.3 Å². The molecule has 0 radical (unpaired) electrons. The van der Waals surface area contributed by atoms with E-state index in [1.807, 2.05) is 0 Å². The van der Waals surface area contributed by atoms with Gasteiger partial charge in [-0.05, 0) is 13.8 Å². The molecule has 0 aromatic carbocycles. The van der Waals surface area contributed by atoms with Gasteiger partial charge in [0.2, 0.25) is 0 Å². The molecule has 1 aliphatic heterocycles. The molecule has 1 unspecified atom stereocenters. The molecule has 6 heteroatoms. The summed E-state index contributed by atoms with van der Waals surface area (Å²) in [6.45, 7) is 11.0. The highest BCUT2D eigenvalue weighted by atomic mass is 35.5. The molecule has 0 aromatic rings. The van der Waals surface area contributed by atoms with Gasteiger partial charge in [-0.1, -0.05) is 24.8 Å². The van der Waals surface area contributed by atoms with Crippen LogP contribution in [-0.2, 0) is 23.8 Å². The monoisotopic (exact) mass is 276 g/mol. The van der Waals surface area contributed by atoms with E-state index in [9.17, 15) is 9.59 Å². The maximum atomic E-state index is 10.7. The smallest absolute Gasteiger partial charge is 0.334 e. The summed E-state index contributed by atoms with van der Waals surface area (Å²) in [6.07, 6.45) is 0.142. The van der Waals surface area contributed by atoms with Gasteiger partial charge in [-0.15, -0.1) is 0 Å². The van der Waals surface area contributed by atoms with Crippen molar-refractivity contribution in [2.45, 2.75) is 20.0 Å². The Balaban J connectivity index is 0.000000331. The fourth-order valence-electron chi connectivity index (χ4n) is 0.629. The van der Waals surface area contributed by atoms with Gasteiger partial charge in [0.1, 0.15) is 12.7 Å². The van der Waals surface area contributed by atoms with Gasteiger partial charge in [-0.2, -0.15) is 0 Å². The van der Waals surface area contributed by atoms with Crippen LogP contribution in [0.1, 0.15) is 13.8 Å². The molecule has 0 aliphatic carbocycles. The second-order valence-electron chi connectivity index (χ2n) is 3.66. The zero-order valence-corrected chi connectivity index (χ0v) is 11.3. The molecule has 0 N–H and O–H groups in total. The maximum absolute atomic E-state index is 10.7. The van der Waals surface area contributed by atoms with Gasteiger partial charge in [0.15, 0.2) is 6.07 Å². The summed E-state index contributed by atoms with van der Waals surface area (Å²) in [6, 6.07) is -0.105. The number of carbonyl (C=O) groups excluding carboxylic acids is 2. The minimum atomic E-state index is -0.444. The zero-order chi connectivity index (χ0) is 14.1. The molecule has 0 spiro atoms. The largest absolute Gasteiger partial charge is 0.459 e. The molecule has 0 bridgehead atoms. The number of hydrogen-bond acceptors (Lipinski definition) is 5. The lowest BCUT2D eigenvalue weighted by molar-refractivity contribution is -0.139. The van der Waals surface area contributed by atoms with E-state index in [1.165, 1.54) is 0 Å². The summed E-state index contributed by atoms with van der Waals surface area (Å²) in [7, 11) is 0. The Morgan fingerprint density at radius 1 is 1.22 bits per heavy atom. The summed E-state index contributed by atoms with van der Waals surface area (Å²) < 4.78 is 13.9. The van der Waals surface area contributed by atoms with E-state index in [4.69, 9.17) is 21.1 Å². The molecule has 1 aliphatic rings. The van der Waals surface area contributed by atoms with Crippen LogP contribution < -0.4 is 0 Å². The second-order valence-corrected chi connectivity index (χ2v) is 3.87. The first-order valence-corrected chi connectivity index (χ1v) is 5.74. The van der Waals surface area contributed by atoms with Crippen molar-refractivity contribution >= 4 is 23.5 Å². The number of rotatable bonds is 5. The molecule has 18 heavy (non-hydrogen) atoms. The van der Waals surface area contributed by atoms with E-state index in [0.29, 0.717) is 24.4 Å². The van der Waals surface area contributed by atoms with Crippen LogP contribution in [0, 0.1) is 0 Å². The van der Waals surface area contributed by atoms with Crippen molar-refractivity contribution in [1.82, 2.24) is 0 Å². The van der Waals surface area contributed by atoms with Crippen molar-refractivity contribution in [3.63, 3.8) is 0 Å². The molecule has 1 fully saturated rings. The van der Waals surface area contributed by atoms with Crippen molar-refractivity contribution in [3.8, 4) is 0 Å². The van der Waals surface area contributed by atoms with Gasteiger partial charge < -0.3 is 14.2 Å². The molecule has 102 valence electrons. The van der Waals surface area contributed by atoms with Crippen LogP contribution in [0.25, 0.3) is 0 Å². The lowest BCUT2D eigenvalue weighted by Gasteiger charge is -1.99. The zero-order valence-electron chi connectivity index (χ0n) is 10.5. The lowest BCUT2D eigenvalue weighted by Crippen LogP contribution is -2.09. The number of epoxide rings is 1. The van der Waals surface area contributed by atoms with Crippen LogP contribution in [0.3, 0.4) is 0 Å². The van der Waals surface area contributed by atoms with Crippen LogP contribution in [0.4, 0.5) is 0 Å². The molecular formula is C12H17ClO5. The predicted molar refractivity (Wildman–Crippen MR) is 67.1 cm³/mol. The van der Waals surface area contributed by atoms with Crippen molar-refractivity contribution < 1.29 is 23.8 Å². The van der Waals surface area contributed by atoms with Gasteiger partial charge >= 0.3 is 11.9 Å². The first-order valence-electron chi connectivity index (χ1n) is 5.21. The number of alkyl halides is 1. The third-order valence-electron chi connectivity index (χ3n) is 1.69. The lowest BCUT2D eigenvalue weighted by atomic mass is 10.4. The third kappa shape index (κ3) is 8.78. The Morgan fingerprint density at radius 2 is 1.67 bits per heavy atom. The number of ether oxygens (including phenoxy) is 3. The van der Waals surface area contributed by atoms with Crippen LogP contribution in [0.15, 0.2) is 24.3 Å². The Bertz CT molecular complexity index is 333. The van der Waals surface area contributed by atoms with Gasteiger partial charge in [0, 0.05) is 11.1 Å². The number of halogens is 1. The molecule has 5 nitrogen and oxygen atoms in total. The highest BCUT2D eigenvalue weighted by molar-refractivity contribution is 6.17. The molecule has 1 atom stereocenters. The normalized spacial score (nSPS) is 15.8. The Labute approximate surface area is 111 Å². The molecular weight excluding hydrogens is 260 g/mol. The van der Waals surface area contributed by atoms with E-state index in [1.54, 1.807) is 13.8 Å². The summed E-state index contributed by atoms with van der Waals surface area (Å²) in [5.41, 5.74) is 0.798. The number of carbonyl (C=O) groups is 2. The van der Waals surface area contributed by atoms with E-state index in [0.717, 1.165) is 0 Å². The standard InChI is InChI=1S/C7H10O3.C5H7ClO2/c1-5(2)7(8)10-4-6-3-9-6;1-4(2)5(7)8-3-6/h6H,1,3-4H2,2H3;1,3H2,2H3. The Kier molecular flexibility index (Phi) is 8.07. The number of hydrogen-bond donors (Lipinski definition) is 0. The Morgan fingerprint density at radius 3 is 1.94 bits per heavy atom. The molecule has 0 aromatic heterocycles. The van der Waals surface area contributed by atoms with Crippen molar-refractivity contribution in [1.29, 1.82) is 0 Å². The fourth-order valence-corrected chi connectivity index (χ4v) is 0.728.